The number of hydrogen-bond donors (Lipinski definition) is 1. The average molecular weight is 326 g/mol. The normalized spacial score (nSPS) is 15.0. The highest BCUT2D eigenvalue weighted by atomic mass is 32.1. The van der Waals surface area contributed by atoms with Gasteiger partial charge < -0.3 is 10.6 Å². The molecule has 118 valence electrons. The van der Waals surface area contributed by atoms with Crippen molar-refractivity contribution in [2.75, 3.05) is 37.6 Å². The maximum atomic E-state index is 11.2. The molecule has 0 bridgehead atoms. The van der Waals surface area contributed by atoms with Crippen LogP contribution in [0.2, 0.25) is 0 Å². The molecule has 0 aliphatic carbocycles. The molecule has 1 aliphatic heterocycles. The van der Waals surface area contributed by atoms with Crippen molar-refractivity contribution < 1.29 is 4.79 Å². The van der Waals surface area contributed by atoms with Crippen molar-refractivity contribution >= 4 is 22.4 Å². The fourth-order valence-corrected chi connectivity index (χ4v) is 3.17. The lowest BCUT2D eigenvalue weighted by Crippen LogP contribution is -2.46. The molecule has 2 N–H and O–H groups in total. The lowest BCUT2D eigenvalue weighted by Gasteiger charge is -2.33. The van der Waals surface area contributed by atoms with Gasteiger partial charge in [-0.15, -0.1) is 11.3 Å². The topological polar surface area (TPSA) is 62.5 Å². The zero-order chi connectivity index (χ0) is 16.1. The molecular formula is C17H18N4OS. The molecule has 1 fully saturated rings. The lowest BCUT2D eigenvalue weighted by atomic mass is 10.1. The average Bonchev–Trinajstić information content (AvgIpc) is 3.10. The Bertz CT molecular complexity index is 725. The van der Waals surface area contributed by atoms with E-state index in [1.54, 1.807) is 29.5 Å². The van der Waals surface area contributed by atoms with Crippen LogP contribution in [-0.2, 0) is 0 Å². The summed E-state index contributed by atoms with van der Waals surface area (Å²) in [6.45, 7) is 4.65. The first-order valence-electron chi connectivity index (χ1n) is 7.48. The number of carbonyl (C=O) groups is 1. The van der Waals surface area contributed by atoms with Crippen molar-refractivity contribution in [3.05, 3.63) is 47.0 Å². The fraction of sp³-hybridized carbons (Fsp3) is 0.294. The van der Waals surface area contributed by atoms with Crippen molar-refractivity contribution in [2.24, 2.45) is 5.73 Å². The first kappa shape index (κ1) is 15.5. The van der Waals surface area contributed by atoms with Gasteiger partial charge in [0, 0.05) is 48.9 Å². The molecule has 1 saturated heterocycles. The number of benzene rings is 1. The first-order valence-corrected chi connectivity index (χ1v) is 8.36. The summed E-state index contributed by atoms with van der Waals surface area (Å²) in [5.74, 6) is 5.86. The second-order valence-electron chi connectivity index (χ2n) is 5.32. The Morgan fingerprint density at radius 3 is 2.83 bits per heavy atom. The predicted octanol–water partition coefficient (Wildman–Crippen LogP) is 1.42. The molecule has 0 atom stereocenters. The maximum absolute atomic E-state index is 11.2. The van der Waals surface area contributed by atoms with Crippen molar-refractivity contribution in [1.82, 2.24) is 9.88 Å². The monoisotopic (exact) mass is 326 g/mol. The summed E-state index contributed by atoms with van der Waals surface area (Å²) in [6, 6.07) is 7.12. The molecule has 1 amide bonds. The maximum Gasteiger partial charge on any atom is 0.248 e. The molecule has 1 aliphatic rings. The van der Waals surface area contributed by atoms with Crippen LogP contribution in [0.15, 0.2) is 35.8 Å². The van der Waals surface area contributed by atoms with Gasteiger partial charge in [0.2, 0.25) is 5.91 Å². The molecule has 0 radical (unpaired) electrons. The Morgan fingerprint density at radius 1 is 1.30 bits per heavy atom. The van der Waals surface area contributed by atoms with Crippen LogP contribution in [-0.4, -0.2) is 48.5 Å². The summed E-state index contributed by atoms with van der Waals surface area (Å²) in [6.07, 6.45) is 1.85. The van der Waals surface area contributed by atoms with E-state index in [9.17, 15) is 4.79 Å². The Balaban J connectivity index is 1.52. The molecule has 0 unspecified atom stereocenters. The van der Waals surface area contributed by atoms with Crippen LogP contribution in [0, 0.1) is 11.8 Å². The number of amides is 1. The van der Waals surface area contributed by atoms with Gasteiger partial charge in [-0.25, -0.2) is 4.98 Å². The summed E-state index contributed by atoms with van der Waals surface area (Å²) in [5, 5.41) is 3.10. The minimum atomic E-state index is -0.424. The van der Waals surface area contributed by atoms with Crippen LogP contribution in [0.5, 0.6) is 0 Å². The number of rotatable bonds is 3. The number of thiazole rings is 1. The Hall–Kier alpha value is -2.36. The second kappa shape index (κ2) is 7.27. The van der Waals surface area contributed by atoms with Crippen LogP contribution < -0.4 is 10.6 Å². The van der Waals surface area contributed by atoms with Gasteiger partial charge in [0.1, 0.15) is 0 Å². The summed E-state index contributed by atoms with van der Waals surface area (Å²) < 4.78 is 0. The zero-order valence-electron chi connectivity index (χ0n) is 12.7. The summed E-state index contributed by atoms with van der Waals surface area (Å²) >= 11 is 1.68. The number of carbonyl (C=O) groups excluding carboxylic acids is 1. The van der Waals surface area contributed by atoms with Gasteiger partial charge in [-0.3, -0.25) is 9.69 Å². The van der Waals surface area contributed by atoms with Gasteiger partial charge in [-0.05, 0) is 18.2 Å². The van der Waals surface area contributed by atoms with Crippen molar-refractivity contribution in [1.29, 1.82) is 0 Å². The van der Waals surface area contributed by atoms with E-state index in [0.29, 0.717) is 5.56 Å². The fourth-order valence-electron chi connectivity index (χ4n) is 2.47. The van der Waals surface area contributed by atoms with Gasteiger partial charge >= 0.3 is 0 Å². The molecule has 0 spiro atoms. The summed E-state index contributed by atoms with van der Waals surface area (Å²) in [5.41, 5.74) is 6.59. The molecule has 6 heteroatoms. The molecular weight excluding hydrogens is 308 g/mol. The Labute approximate surface area is 139 Å². The zero-order valence-corrected chi connectivity index (χ0v) is 13.6. The SMILES string of the molecule is NC(=O)c1cccc(C#CCN2CCN(c3nccs3)CC2)c1. The number of nitrogens with zero attached hydrogens (tertiary/aromatic N) is 3. The molecule has 1 aromatic heterocycles. The molecule has 3 rings (SSSR count). The van der Waals surface area contributed by atoms with E-state index in [-0.39, 0.29) is 0 Å². The van der Waals surface area contributed by atoms with E-state index in [4.69, 9.17) is 5.73 Å². The Kier molecular flexibility index (Phi) is 4.91. The van der Waals surface area contributed by atoms with Crippen LogP contribution in [0.1, 0.15) is 15.9 Å². The smallest absolute Gasteiger partial charge is 0.248 e. The van der Waals surface area contributed by atoms with E-state index in [0.717, 1.165) is 43.4 Å². The van der Waals surface area contributed by atoms with E-state index in [1.807, 2.05) is 17.6 Å². The van der Waals surface area contributed by atoms with E-state index in [2.05, 4.69) is 26.6 Å². The first-order chi connectivity index (χ1) is 11.2. The third-order valence-electron chi connectivity index (χ3n) is 3.74. The number of nitrogens with two attached hydrogens (primary N) is 1. The van der Waals surface area contributed by atoms with Gasteiger partial charge in [0.05, 0.1) is 6.54 Å². The summed E-state index contributed by atoms with van der Waals surface area (Å²) in [4.78, 5) is 20.1. The largest absolute Gasteiger partial charge is 0.366 e. The van der Waals surface area contributed by atoms with Crippen LogP contribution in [0.3, 0.4) is 0 Å². The number of hydrogen-bond acceptors (Lipinski definition) is 5. The molecule has 2 heterocycles. The highest BCUT2D eigenvalue weighted by Crippen LogP contribution is 2.18. The van der Waals surface area contributed by atoms with Gasteiger partial charge in [-0.2, -0.15) is 0 Å². The van der Waals surface area contributed by atoms with Gasteiger partial charge in [0.25, 0.3) is 0 Å². The van der Waals surface area contributed by atoms with E-state index >= 15 is 0 Å². The highest BCUT2D eigenvalue weighted by molar-refractivity contribution is 7.13. The molecule has 1 aromatic carbocycles. The van der Waals surface area contributed by atoms with Crippen molar-refractivity contribution in [3.63, 3.8) is 0 Å². The minimum absolute atomic E-state index is 0.424. The predicted molar refractivity (Wildman–Crippen MR) is 92.6 cm³/mol. The van der Waals surface area contributed by atoms with Crippen LogP contribution in [0.4, 0.5) is 5.13 Å². The molecule has 0 saturated carbocycles. The lowest BCUT2D eigenvalue weighted by molar-refractivity contribution is 0.100. The Morgan fingerprint density at radius 2 is 2.13 bits per heavy atom. The molecule has 23 heavy (non-hydrogen) atoms. The second-order valence-corrected chi connectivity index (χ2v) is 6.20. The standard InChI is InChI=1S/C17H18N4OS/c18-16(22)15-5-1-3-14(13-15)4-2-7-20-8-10-21(11-9-20)17-19-6-12-23-17/h1,3,5-6,12-13H,7-11H2,(H2,18,22). The van der Waals surface area contributed by atoms with Gasteiger partial charge in [-0.1, -0.05) is 17.9 Å². The number of aromatic nitrogens is 1. The quantitative estimate of drug-likeness (QED) is 0.867. The van der Waals surface area contributed by atoms with Crippen LogP contribution >= 0.6 is 11.3 Å². The number of anilines is 1. The minimum Gasteiger partial charge on any atom is -0.366 e. The summed E-state index contributed by atoms with van der Waals surface area (Å²) in [7, 11) is 0. The third kappa shape index (κ3) is 4.09. The number of primary amides is 1. The third-order valence-corrected chi connectivity index (χ3v) is 4.58. The molecule has 5 nitrogen and oxygen atoms in total. The van der Waals surface area contributed by atoms with E-state index in [1.165, 1.54) is 0 Å². The highest BCUT2D eigenvalue weighted by Gasteiger charge is 2.17. The van der Waals surface area contributed by atoms with Crippen molar-refractivity contribution in [2.45, 2.75) is 0 Å². The van der Waals surface area contributed by atoms with E-state index < -0.39 is 5.91 Å². The number of piperazine rings is 1. The molecule has 2 aromatic rings. The van der Waals surface area contributed by atoms with Gasteiger partial charge in [0.15, 0.2) is 5.13 Å². The van der Waals surface area contributed by atoms with Crippen LogP contribution in [0.25, 0.3) is 0 Å². The van der Waals surface area contributed by atoms with Crippen molar-refractivity contribution in [3.8, 4) is 11.8 Å².